The van der Waals surface area contributed by atoms with Gasteiger partial charge >= 0.3 is 5.63 Å². The van der Waals surface area contributed by atoms with Crippen molar-refractivity contribution < 1.29 is 27.1 Å². The van der Waals surface area contributed by atoms with E-state index in [9.17, 15) is 18.0 Å². The van der Waals surface area contributed by atoms with Crippen LogP contribution in [0.2, 0.25) is 0 Å². The van der Waals surface area contributed by atoms with E-state index in [1.165, 1.54) is 13.2 Å². The third-order valence-electron chi connectivity index (χ3n) is 4.76. The van der Waals surface area contributed by atoms with Crippen molar-refractivity contribution in [3.63, 3.8) is 0 Å². The van der Waals surface area contributed by atoms with Gasteiger partial charge in [-0.2, -0.15) is 0 Å². The van der Waals surface area contributed by atoms with Crippen molar-refractivity contribution in [3.05, 3.63) is 70.4 Å². The number of ether oxygens (including phenoxy) is 2. The SMILES string of the molecule is COc1cccc2cc(-c3ccc(OCC(=O)N[C@@H]4C=CS(=O)(=O)C4)cc3)c(=O)oc12. The molecule has 9 heteroatoms. The van der Waals surface area contributed by atoms with E-state index in [1.54, 1.807) is 36.4 Å². The van der Waals surface area contributed by atoms with Crippen LogP contribution in [0.15, 0.2) is 69.2 Å². The molecule has 0 saturated carbocycles. The smallest absolute Gasteiger partial charge is 0.344 e. The molecule has 0 aliphatic carbocycles. The molecule has 1 amide bonds. The Bertz CT molecular complexity index is 1320. The highest BCUT2D eigenvalue weighted by Crippen LogP contribution is 2.28. The molecule has 160 valence electrons. The number of sulfone groups is 1. The summed E-state index contributed by atoms with van der Waals surface area (Å²) in [6.45, 7) is -0.262. The maximum atomic E-state index is 12.5. The quantitative estimate of drug-likeness (QED) is 0.584. The lowest BCUT2D eigenvalue weighted by Crippen LogP contribution is -2.38. The molecular weight excluding hydrogens is 422 g/mol. The van der Waals surface area contributed by atoms with Crippen LogP contribution < -0.4 is 20.4 Å². The zero-order valence-electron chi connectivity index (χ0n) is 16.5. The van der Waals surface area contributed by atoms with Gasteiger partial charge in [-0.05, 0) is 35.9 Å². The lowest BCUT2D eigenvalue weighted by Gasteiger charge is -2.11. The van der Waals surface area contributed by atoms with Gasteiger partial charge in [-0.3, -0.25) is 4.79 Å². The van der Waals surface area contributed by atoms with Crippen molar-refractivity contribution in [2.24, 2.45) is 0 Å². The number of amides is 1. The fourth-order valence-electron chi connectivity index (χ4n) is 3.27. The number of hydrogen-bond acceptors (Lipinski definition) is 7. The summed E-state index contributed by atoms with van der Waals surface area (Å²) in [5, 5.41) is 4.41. The first-order chi connectivity index (χ1) is 14.8. The Morgan fingerprint density at radius 1 is 1.19 bits per heavy atom. The molecule has 0 saturated heterocycles. The zero-order valence-corrected chi connectivity index (χ0v) is 17.3. The van der Waals surface area contributed by atoms with Gasteiger partial charge in [-0.1, -0.05) is 24.3 Å². The Morgan fingerprint density at radius 3 is 2.65 bits per heavy atom. The number of rotatable bonds is 6. The molecule has 1 aromatic heterocycles. The number of hydrogen-bond donors (Lipinski definition) is 1. The summed E-state index contributed by atoms with van der Waals surface area (Å²) >= 11 is 0. The minimum Gasteiger partial charge on any atom is -0.493 e. The topological polar surface area (TPSA) is 112 Å². The van der Waals surface area contributed by atoms with Crippen LogP contribution in [0.1, 0.15) is 0 Å². The van der Waals surface area contributed by atoms with Gasteiger partial charge in [0.25, 0.3) is 5.91 Å². The predicted octanol–water partition coefficient (Wildman–Crippen LogP) is 2.27. The zero-order chi connectivity index (χ0) is 22.0. The molecule has 0 bridgehead atoms. The van der Waals surface area contributed by atoms with E-state index in [2.05, 4.69) is 5.32 Å². The van der Waals surface area contributed by atoms with Crippen molar-refractivity contribution in [1.29, 1.82) is 0 Å². The molecule has 1 aliphatic rings. The molecule has 1 N–H and O–H groups in total. The molecule has 2 heterocycles. The van der Waals surface area contributed by atoms with E-state index >= 15 is 0 Å². The third-order valence-corrected chi connectivity index (χ3v) is 6.15. The highest BCUT2D eigenvalue weighted by molar-refractivity contribution is 7.94. The third kappa shape index (κ3) is 4.61. The van der Waals surface area contributed by atoms with Crippen molar-refractivity contribution in [2.45, 2.75) is 6.04 Å². The summed E-state index contributed by atoms with van der Waals surface area (Å²) in [4.78, 5) is 24.4. The Morgan fingerprint density at radius 2 is 1.97 bits per heavy atom. The van der Waals surface area contributed by atoms with E-state index in [4.69, 9.17) is 13.9 Å². The van der Waals surface area contributed by atoms with Gasteiger partial charge in [0.2, 0.25) is 0 Å². The van der Waals surface area contributed by atoms with Gasteiger partial charge in [0.05, 0.1) is 24.5 Å². The van der Waals surface area contributed by atoms with Gasteiger partial charge < -0.3 is 19.2 Å². The average molecular weight is 441 g/mol. The van der Waals surface area contributed by atoms with Crippen LogP contribution in [0, 0.1) is 0 Å². The minimum atomic E-state index is -3.24. The van der Waals surface area contributed by atoms with Crippen molar-refractivity contribution in [1.82, 2.24) is 5.32 Å². The van der Waals surface area contributed by atoms with Crippen molar-refractivity contribution >= 4 is 26.7 Å². The van der Waals surface area contributed by atoms with E-state index in [0.717, 1.165) is 10.8 Å². The van der Waals surface area contributed by atoms with Crippen molar-refractivity contribution in [2.75, 3.05) is 19.5 Å². The monoisotopic (exact) mass is 441 g/mol. The Kier molecular flexibility index (Phi) is 5.51. The van der Waals surface area contributed by atoms with Crippen molar-refractivity contribution in [3.8, 4) is 22.6 Å². The fourth-order valence-corrected chi connectivity index (χ4v) is 4.51. The standard InChI is InChI=1S/C22H19NO7S/c1-28-19-4-2-3-15-11-18(22(25)30-21(15)19)14-5-7-17(8-6-14)29-12-20(24)23-16-9-10-31(26,27)13-16/h2-11,16H,12-13H2,1H3,(H,23,24)/t16-/m1/s1. The van der Waals surface area contributed by atoms with Gasteiger partial charge in [-0.15, -0.1) is 0 Å². The van der Waals surface area contributed by atoms with Crippen LogP contribution in [0.25, 0.3) is 22.1 Å². The summed E-state index contributed by atoms with van der Waals surface area (Å²) in [5.41, 5.74) is 0.912. The number of carbonyl (C=O) groups is 1. The van der Waals surface area contributed by atoms with E-state index < -0.39 is 27.4 Å². The van der Waals surface area contributed by atoms with Crippen LogP contribution in [-0.2, 0) is 14.6 Å². The number of nitrogens with one attached hydrogen (secondary N) is 1. The summed E-state index contributed by atoms with van der Waals surface area (Å²) in [5.74, 6) is 0.336. The molecule has 2 aromatic carbocycles. The second kappa shape index (κ2) is 8.27. The maximum Gasteiger partial charge on any atom is 0.344 e. The number of methoxy groups -OCH3 is 1. The lowest BCUT2D eigenvalue weighted by atomic mass is 10.1. The highest BCUT2D eigenvalue weighted by Gasteiger charge is 2.23. The molecule has 8 nitrogen and oxygen atoms in total. The first-order valence-electron chi connectivity index (χ1n) is 9.39. The molecule has 0 fully saturated rings. The number of para-hydroxylation sites is 1. The number of fused-ring (bicyclic) bond motifs is 1. The van der Waals surface area contributed by atoms with Crippen LogP contribution in [-0.4, -0.2) is 39.8 Å². The van der Waals surface area contributed by atoms with Crippen LogP contribution in [0.4, 0.5) is 0 Å². The van der Waals surface area contributed by atoms with E-state index in [1.807, 2.05) is 12.1 Å². The minimum absolute atomic E-state index is 0.145. The molecule has 1 aliphatic heterocycles. The largest absolute Gasteiger partial charge is 0.493 e. The first-order valence-corrected chi connectivity index (χ1v) is 11.1. The molecule has 4 rings (SSSR count). The molecular formula is C22H19NO7S. The van der Waals surface area contributed by atoms with Gasteiger partial charge in [0, 0.05) is 10.8 Å². The predicted molar refractivity (Wildman–Crippen MR) is 115 cm³/mol. The Labute approximate surface area is 178 Å². The molecule has 0 spiro atoms. The Hall–Kier alpha value is -3.59. The fraction of sp³-hybridized carbons (Fsp3) is 0.182. The molecule has 0 radical (unpaired) electrons. The first kappa shape index (κ1) is 20.7. The maximum absolute atomic E-state index is 12.5. The second-order valence-electron chi connectivity index (χ2n) is 6.97. The molecule has 31 heavy (non-hydrogen) atoms. The van der Waals surface area contributed by atoms with Crippen LogP contribution in [0.3, 0.4) is 0 Å². The normalized spacial score (nSPS) is 16.9. The highest BCUT2D eigenvalue weighted by atomic mass is 32.2. The number of benzene rings is 2. The summed E-state index contributed by atoms with van der Waals surface area (Å²) in [6, 6.07) is 13.2. The second-order valence-corrected chi connectivity index (χ2v) is 8.90. The van der Waals surface area contributed by atoms with Gasteiger partial charge in [-0.25, -0.2) is 13.2 Å². The summed E-state index contributed by atoms with van der Waals surface area (Å²) in [7, 11) is -1.73. The molecule has 0 unspecified atom stereocenters. The lowest BCUT2D eigenvalue weighted by molar-refractivity contribution is -0.123. The summed E-state index contributed by atoms with van der Waals surface area (Å²) in [6.07, 6.45) is 1.44. The van der Waals surface area contributed by atoms with Gasteiger partial charge in [0.1, 0.15) is 5.75 Å². The average Bonchev–Trinajstić information content (AvgIpc) is 3.09. The number of carbonyl (C=O) groups excluding carboxylic acids is 1. The Balaban J connectivity index is 1.44. The van der Waals surface area contributed by atoms with E-state index in [-0.39, 0.29) is 12.4 Å². The molecule has 3 aromatic rings. The molecule has 1 atom stereocenters. The summed E-state index contributed by atoms with van der Waals surface area (Å²) < 4.78 is 38.9. The van der Waals surface area contributed by atoms with Crippen LogP contribution in [0.5, 0.6) is 11.5 Å². The van der Waals surface area contributed by atoms with Crippen LogP contribution >= 0.6 is 0 Å². The van der Waals surface area contributed by atoms with E-state index in [0.29, 0.717) is 28.2 Å². The van der Waals surface area contributed by atoms with Gasteiger partial charge in [0.15, 0.2) is 27.8 Å².